The molecule has 0 amide bonds. The summed E-state index contributed by atoms with van der Waals surface area (Å²) in [4.78, 5) is 13.7. The van der Waals surface area contributed by atoms with E-state index in [4.69, 9.17) is 4.98 Å². The average Bonchev–Trinajstić information content (AvgIpc) is 2.69. The van der Waals surface area contributed by atoms with E-state index in [2.05, 4.69) is 66.4 Å². The van der Waals surface area contributed by atoms with E-state index in [-0.39, 0.29) is 0 Å². The van der Waals surface area contributed by atoms with Crippen LogP contribution in [0.25, 0.3) is 11.4 Å². The van der Waals surface area contributed by atoms with Gasteiger partial charge in [-0.3, -0.25) is 4.98 Å². The molecule has 4 nitrogen and oxygen atoms in total. The lowest BCUT2D eigenvalue weighted by atomic mass is 9.72. The number of nitrogens with one attached hydrogen (secondary N) is 1. The van der Waals surface area contributed by atoms with Gasteiger partial charge >= 0.3 is 0 Å². The lowest BCUT2D eigenvalue weighted by Crippen LogP contribution is -2.28. The Kier molecular flexibility index (Phi) is 5.38. The van der Waals surface area contributed by atoms with Crippen molar-refractivity contribution in [1.82, 2.24) is 15.0 Å². The zero-order valence-electron chi connectivity index (χ0n) is 16.9. The van der Waals surface area contributed by atoms with Gasteiger partial charge in [-0.05, 0) is 54.7 Å². The Morgan fingerprint density at radius 1 is 1.07 bits per heavy atom. The maximum absolute atomic E-state index is 4.86. The molecule has 0 spiro atoms. The molecule has 0 atom stereocenters. The normalized spacial score (nSPS) is 18.7. The van der Waals surface area contributed by atoms with Crippen LogP contribution >= 0.6 is 0 Å². The number of pyridine rings is 1. The van der Waals surface area contributed by atoms with Crippen molar-refractivity contribution in [1.29, 1.82) is 0 Å². The Hall–Kier alpha value is -2.75. The van der Waals surface area contributed by atoms with Gasteiger partial charge in [-0.2, -0.15) is 0 Å². The van der Waals surface area contributed by atoms with E-state index in [0.717, 1.165) is 29.3 Å². The quantitative estimate of drug-likeness (QED) is 0.614. The minimum absolute atomic E-state index is 0.442. The standard InChI is InChI=1S/C24H28N4/c1-16(2)21-8-4-5-9-22(21)24-26-13-17(3)23(28-24)27-14-18-11-20(12-18)19-7-6-10-25-15-19/h4-10,13,15-16,18,20H,11-12,14H2,1-3H3,(H,26,27,28). The number of aryl methyl sites for hydroxylation is 1. The number of rotatable bonds is 6. The summed E-state index contributed by atoms with van der Waals surface area (Å²) in [6.07, 6.45) is 8.20. The molecular formula is C24H28N4. The van der Waals surface area contributed by atoms with Gasteiger partial charge in [0.25, 0.3) is 0 Å². The molecule has 1 N–H and O–H groups in total. The minimum atomic E-state index is 0.442. The van der Waals surface area contributed by atoms with E-state index in [1.54, 1.807) is 0 Å². The summed E-state index contributed by atoms with van der Waals surface area (Å²) in [5.74, 6) is 3.54. The molecule has 1 aliphatic rings. The second-order valence-corrected chi connectivity index (χ2v) is 8.17. The largest absolute Gasteiger partial charge is 0.369 e. The Labute approximate surface area is 167 Å². The highest BCUT2D eigenvalue weighted by Crippen LogP contribution is 2.41. The molecule has 0 unspecified atom stereocenters. The first kappa shape index (κ1) is 18.6. The summed E-state index contributed by atoms with van der Waals surface area (Å²) < 4.78 is 0. The first-order valence-electron chi connectivity index (χ1n) is 10.2. The van der Waals surface area contributed by atoms with Crippen molar-refractivity contribution in [3.05, 3.63) is 71.7 Å². The molecule has 1 aliphatic carbocycles. The van der Waals surface area contributed by atoms with Crippen LogP contribution in [0.1, 0.15) is 55.2 Å². The van der Waals surface area contributed by atoms with Gasteiger partial charge < -0.3 is 5.32 Å². The van der Waals surface area contributed by atoms with Crippen LogP contribution in [-0.4, -0.2) is 21.5 Å². The molecule has 1 fully saturated rings. The van der Waals surface area contributed by atoms with E-state index in [0.29, 0.717) is 17.8 Å². The summed E-state index contributed by atoms with van der Waals surface area (Å²) in [5, 5.41) is 3.58. The molecule has 4 heteroatoms. The summed E-state index contributed by atoms with van der Waals surface area (Å²) in [6.45, 7) is 7.45. The molecule has 0 aliphatic heterocycles. The van der Waals surface area contributed by atoms with Crippen molar-refractivity contribution in [3.8, 4) is 11.4 Å². The predicted octanol–water partition coefficient (Wildman–Crippen LogP) is 5.58. The van der Waals surface area contributed by atoms with Gasteiger partial charge in [0, 0.05) is 36.3 Å². The van der Waals surface area contributed by atoms with E-state index in [1.165, 1.54) is 24.0 Å². The van der Waals surface area contributed by atoms with E-state index < -0.39 is 0 Å². The van der Waals surface area contributed by atoms with Crippen LogP contribution in [0.5, 0.6) is 0 Å². The molecule has 4 rings (SSSR count). The maximum atomic E-state index is 4.86. The molecule has 2 heterocycles. The maximum Gasteiger partial charge on any atom is 0.161 e. The van der Waals surface area contributed by atoms with Crippen LogP contribution in [0.2, 0.25) is 0 Å². The van der Waals surface area contributed by atoms with Crippen molar-refractivity contribution in [2.24, 2.45) is 5.92 Å². The SMILES string of the molecule is Cc1cnc(-c2ccccc2C(C)C)nc1NCC1CC(c2cccnc2)C1. The van der Waals surface area contributed by atoms with Crippen molar-refractivity contribution in [2.45, 2.75) is 45.4 Å². The molecule has 28 heavy (non-hydrogen) atoms. The third-order valence-electron chi connectivity index (χ3n) is 5.75. The molecule has 1 saturated carbocycles. The fourth-order valence-electron chi connectivity index (χ4n) is 3.99. The third kappa shape index (κ3) is 3.91. The van der Waals surface area contributed by atoms with Crippen LogP contribution < -0.4 is 5.32 Å². The van der Waals surface area contributed by atoms with Gasteiger partial charge in [-0.25, -0.2) is 9.97 Å². The van der Waals surface area contributed by atoms with Gasteiger partial charge in [-0.1, -0.05) is 44.2 Å². The number of hydrogen-bond donors (Lipinski definition) is 1. The van der Waals surface area contributed by atoms with Crippen LogP contribution in [0.3, 0.4) is 0 Å². The second kappa shape index (κ2) is 8.09. The average molecular weight is 373 g/mol. The molecule has 2 aromatic heterocycles. The summed E-state index contributed by atoms with van der Waals surface area (Å²) in [5.41, 5.74) is 4.87. The molecule has 1 aromatic carbocycles. The lowest BCUT2D eigenvalue weighted by molar-refractivity contribution is 0.278. The van der Waals surface area contributed by atoms with Gasteiger partial charge in [0.05, 0.1) is 0 Å². The van der Waals surface area contributed by atoms with Gasteiger partial charge in [0.2, 0.25) is 0 Å². The Morgan fingerprint density at radius 2 is 1.89 bits per heavy atom. The monoisotopic (exact) mass is 372 g/mol. The van der Waals surface area contributed by atoms with Crippen molar-refractivity contribution in [3.63, 3.8) is 0 Å². The smallest absolute Gasteiger partial charge is 0.161 e. The Balaban J connectivity index is 1.43. The third-order valence-corrected chi connectivity index (χ3v) is 5.75. The van der Waals surface area contributed by atoms with E-state index in [9.17, 15) is 0 Å². The van der Waals surface area contributed by atoms with Crippen LogP contribution in [0.4, 0.5) is 5.82 Å². The molecular weight excluding hydrogens is 344 g/mol. The summed E-state index contributed by atoms with van der Waals surface area (Å²) >= 11 is 0. The number of nitrogens with zero attached hydrogens (tertiary/aromatic N) is 3. The Morgan fingerprint density at radius 3 is 2.64 bits per heavy atom. The number of benzene rings is 1. The van der Waals surface area contributed by atoms with Gasteiger partial charge in [0.15, 0.2) is 5.82 Å². The summed E-state index contributed by atoms with van der Waals surface area (Å²) in [7, 11) is 0. The zero-order valence-corrected chi connectivity index (χ0v) is 16.9. The first-order chi connectivity index (χ1) is 13.6. The second-order valence-electron chi connectivity index (χ2n) is 8.17. The van der Waals surface area contributed by atoms with Gasteiger partial charge in [-0.15, -0.1) is 0 Å². The fourth-order valence-corrected chi connectivity index (χ4v) is 3.99. The van der Waals surface area contributed by atoms with Crippen LogP contribution in [0.15, 0.2) is 55.0 Å². The molecule has 144 valence electrons. The van der Waals surface area contributed by atoms with Crippen molar-refractivity contribution >= 4 is 5.82 Å². The molecule has 0 saturated heterocycles. The highest BCUT2D eigenvalue weighted by molar-refractivity contribution is 5.63. The first-order valence-corrected chi connectivity index (χ1v) is 10.2. The van der Waals surface area contributed by atoms with Crippen LogP contribution in [0, 0.1) is 12.8 Å². The number of anilines is 1. The highest BCUT2D eigenvalue weighted by Gasteiger charge is 2.30. The highest BCUT2D eigenvalue weighted by atomic mass is 15.0. The van der Waals surface area contributed by atoms with E-state index >= 15 is 0 Å². The Bertz CT molecular complexity index is 930. The van der Waals surface area contributed by atoms with Gasteiger partial charge in [0.1, 0.15) is 5.82 Å². The van der Waals surface area contributed by atoms with Crippen molar-refractivity contribution in [2.75, 3.05) is 11.9 Å². The zero-order chi connectivity index (χ0) is 19.5. The predicted molar refractivity (Wildman–Crippen MR) is 114 cm³/mol. The van der Waals surface area contributed by atoms with Crippen molar-refractivity contribution < 1.29 is 0 Å². The molecule has 3 aromatic rings. The van der Waals surface area contributed by atoms with Crippen LogP contribution in [-0.2, 0) is 0 Å². The number of aromatic nitrogens is 3. The lowest BCUT2D eigenvalue weighted by Gasteiger charge is -2.35. The van der Waals surface area contributed by atoms with E-state index in [1.807, 2.05) is 24.7 Å². The molecule has 0 radical (unpaired) electrons. The molecule has 0 bridgehead atoms. The minimum Gasteiger partial charge on any atom is -0.369 e. The summed E-state index contributed by atoms with van der Waals surface area (Å²) in [6, 6.07) is 12.7. The number of hydrogen-bond acceptors (Lipinski definition) is 4. The topological polar surface area (TPSA) is 50.7 Å². The fraction of sp³-hybridized carbons (Fsp3) is 0.375.